The molecule has 0 aliphatic carbocycles. The number of hydrogen-bond donors (Lipinski definition) is 6. The van der Waals surface area contributed by atoms with Crippen LogP contribution in [0.2, 0.25) is 0 Å². The number of anilines is 1. The number of carboxylic acids is 1. The smallest absolute Gasteiger partial charge is 0.330 e. The quantitative estimate of drug-likeness (QED) is 0.00928. The molecule has 6 N–H and O–H groups in total. The number of carbonyl (C=O) groups excluding carboxylic acids is 1. The van der Waals surface area contributed by atoms with E-state index < -0.39 is 44.4 Å². The Bertz CT molecular complexity index is 2820. The normalized spacial score (nSPS) is 18.8. The molecule has 0 bridgehead atoms. The van der Waals surface area contributed by atoms with Gasteiger partial charge in [0.15, 0.2) is 5.71 Å². The topological polar surface area (TPSA) is 250 Å². The summed E-state index contributed by atoms with van der Waals surface area (Å²) in [7, 11) is -4.43. The largest absolute Gasteiger partial charge is 0.481 e. The van der Waals surface area contributed by atoms with Gasteiger partial charge in [-0.05, 0) is 94.3 Å². The molecule has 3 aromatic rings. The lowest BCUT2D eigenvalue weighted by Crippen LogP contribution is -2.33. The summed E-state index contributed by atoms with van der Waals surface area (Å²) in [5, 5.41) is 33.9. The van der Waals surface area contributed by atoms with E-state index in [1.54, 1.807) is 6.07 Å². The molecule has 1 fully saturated rings. The SMILES string of the molecule is CC1(C)C(=CC=CC=CC2=[N+](CCCCCC(=O)NCC#Cc3cn([C@H]4CC[C@@H](CO)O4)c(=O)[nH]c3=O)c3ccc(SOOO)cc3C2(C)C)N(CCCCCC(=O)O)c2ccc(S(=O)(=O)O)cc21. The molecule has 2 atom stereocenters. The van der Waals surface area contributed by atoms with E-state index in [1.165, 1.54) is 22.9 Å². The van der Waals surface area contributed by atoms with E-state index in [-0.39, 0.29) is 48.5 Å². The average Bonchev–Trinajstić information content (AvgIpc) is 3.92. The second kappa shape index (κ2) is 23.3. The van der Waals surface area contributed by atoms with Gasteiger partial charge in [0.25, 0.3) is 15.7 Å². The fourth-order valence-corrected chi connectivity index (χ4v) is 9.96. The van der Waals surface area contributed by atoms with Crippen LogP contribution in [-0.4, -0.2) is 92.5 Å². The second-order valence-electron chi connectivity index (χ2n) is 18.1. The Morgan fingerprint density at radius 2 is 1.75 bits per heavy atom. The number of benzene rings is 2. The predicted octanol–water partition coefficient (Wildman–Crippen LogP) is 6.43. The van der Waals surface area contributed by atoms with Crippen molar-refractivity contribution >= 4 is 51.1 Å². The number of nitrogens with zero attached hydrogens (tertiary/aromatic N) is 3. The molecule has 20 heteroatoms. The van der Waals surface area contributed by atoms with Gasteiger partial charge in [0.1, 0.15) is 18.3 Å². The number of nitrogens with one attached hydrogen (secondary N) is 2. The monoisotopic (exact) mass is 990 g/mol. The molecule has 1 aromatic heterocycles. The lowest BCUT2D eigenvalue weighted by atomic mass is 9.81. The van der Waals surface area contributed by atoms with Crippen molar-refractivity contribution in [2.75, 3.05) is 31.1 Å². The van der Waals surface area contributed by atoms with E-state index in [2.05, 4.69) is 56.6 Å². The summed E-state index contributed by atoms with van der Waals surface area (Å²) in [4.78, 5) is 53.5. The number of fused-ring (bicyclic) bond motifs is 2. The number of unbranched alkanes of at least 4 members (excludes halogenated alkanes) is 4. The van der Waals surface area contributed by atoms with Crippen LogP contribution < -0.4 is 21.5 Å². The summed E-state index contributed by atoms with van der Waals surface area (Å²) < 4.78 is 47.9. The first-order valence-corrected chi connectivity index (χ1v) is 25.0. The van der Waals surface area contributed by atoms with Gasteiger partial charge < -0.3 is 25.2 Å². The number of rotatable bonds is 22. The van der Waals surface area contributed by atoms with Crippen LogP contribution >= 0.6 is 12.0 Å². The molecule has 0 radical (unpaired) electrons. The molecule has 1 amide bonds. The molecule has 1 saturated heterocycles. The number of aliphatic carboxylic acids is 1. The predicted molar refractivity (Wildman–Crippen MR) is 259 cm³/mol. The van der Waals surface area contributed by atoms with E-state index in [1.807, 2.05) is 56.4 Å². The third-order valence-electron chi connectivity index (χ3n) is 12.6. The second-order valence-corrected chi connectivity index (χ2v) is 20.3. The standard InChI is InChI=1S/C49H59N5O13S2/c1-48(2)37-29-35(68-67-66-61)21-23-39(37)52(27-12-6-10-18-43(56)50-26-14-15-33-31-54(47(60)51-46(33)59)44-25-20-34(32-55)65-44)41(48)16-8-5-9-17-42-49(3,4)38-30-36(69(62,63)64)22-24-40(38)53(42)28-13-7-11-19-45(57)58/h5,8-9,16-17,21-24,29-31,34,44,55H,6-7,10-13,18-20,25-28,32H2,1-4H3,(H4-,50,51,56,57,58,59,60,61,62,63,64)/p+1/t34-,44+/m0/s1. The van der Waals surface area contributed by atoms with Crippen molar-refractivity contribution in [2.45, 2.75) is 125 Å². The summed E-state index contributed by atoms with van der Waals surface area (Å²) in [6.07, 6.45) is 15.8. The zero-order valence-corrected chi connectivity index (χ0v) is 40.7. The first kappa shape index (κ1) is 52.7. The van der Waals surface area contributed by atoms with Gasteiger partial charge in [0, 0.05) is 71.4 Å². The summed E-state index contributed by atoms with van der Waals surface area (Å²) in [5.41, 5.74) is 3.26. The highest BCUT2D eigenvalue weighted by Crippen LogP contribution is 2.49. The molecule has 0 saturated carbocycles. The van der Waals surface area contributed by atoms with Crippen molar-refractivity contribution < 1.29 is 56.7 Å². The van der Waals surface area contributed by atoms with Crippen LogP contribution in [0.1, 0.15) is 115 Å². The number of amides is 1. The minimum Gasteiger partial charge on any atom is -0.481 e. The molecular formula is C49H60N5O13S2+. The number of aliphatic hydroxyl groups is 1. The summed E-state index contributed by atoms with van der Waals surface area (Å²) in [5.74, 6) is 4.48. The highest BCUT2D eigenvalue weighted by atomic mass is 32.2. The van der Waals surface area contributed by atoms with E-state index >= 15 is 0 Å². The van der Waals surface area contributed by atoms with Crippen molar-refractivity contribution in [3.63, 3.8) is 0 Å². The van der Waals surface area contributed by atoms with Crippen molar-refractivity contribution in [3.8, 4) is 11.8 Å². The molecule has 0 unspecified atom stereocenters. The maximum Gasteiger partial charge on any atom is 0.330 e. The van der Waals surface area contributed by atoms with Crippen molar-refractivity contribution in [1.29, 1.82) is 0 Å². The van der Waals surface area contributed by atoms with Crippen molar-refractivity contribution in [2.24, 2.45) is 0 Å². The average molecular weight is 991 g/mol. The zero-order chi connectivity index (χ0) is 49.9. The van der Waals surface area contributed by atoms with E-state index in [0.29, 0.717) is 51.6 Å². The number of ether oxygens (including phenoxy) is 1. The van der Waals surface area contributed by atoms with Gasteiger partial charge in [-0.1, -0.05) is 55.4 Å². The minimum absolute atomic E-state index is 0.00719. The van der Waals surface area contributed by atoms with Crippen LogP contribution in [0.5, 0.6) is 0 Å². The molecule has 2 aromatic carbocycles. The first-order valence-electron chi connectivity index (χ1n) is 22.8. The molecule has 18 nitrogen and oxygen atoms in total. The summed E-state index contributed by atoms with van der Waals surface area (Å²) in [6, 6.07) is 10.5. The Balaban J connectivity index is 1.12. The molecule has 370 valence electrons. The number of aliphatic hydroxyl groups excluding tert-OH is 1. The molecular weight excluding hydrogens is 931 g/mol. The van der Waals surface area contributed by atoms with Gasteiger partial charge >= 0.3 is 11.7 Å². The molecule has 3 aliphatic heterocycles. The van der Waals surface area contributed by atoms with Gasteiger partial charge in [-0.15, -0.1) is 4.33 Å². The zero-order valence-electron chi connectivity index (χ0n) is 39.1. The van der Waals surface area contributed by atoms with Crippen molar-refractivity contribution in [3.05, 3.63) is 116 Å². The number of aromatic amines is 1. The third kappa shape index (κ3) is 13.0. The molecule has 4 heterocycles. The molecule has 69 heavy (non-hydrogen) atoms. The lowest BCUT2D eigenvalue weighted by Gasteiger charge is -2.27. The summed E-state index contributed by atoms with van der Waals surface area (Å²) in [6.45, 7) is 9.32. The van der Waals surface area contributed by atoms with Crippen LogP contribution in [0.25, 0.3) is 0 Å². The lowest BCUT2D eigenvalue weighted by molar-refractivity contribution is -0.438. The molecule has 3 aliphatic rings. The maximum atomic E-state index is 12.7. The highest BCUT2D eigenvalue weighted by Gasteiger charge is 2.44. The van der Waals surface area contributed by atoms with E-state index in [0.717, 1.165) is 63.7 Å². The minimum atomic E-state index is -4.43. The van der Waals surface area contributed by atoms with Crippen LogP contribution in [-0.2, 0) is 44.6 Å². The Kier molecular flexibility index (Phi) is 17.8. The number of aromatic nitrogens is 2. The Hall–Kier alpha value is -5.63. The number of H-pyrrole nitrogens is 1. The fourth-order valence-electron chi connectivity index (χ4n) is 9.06. The number of allylic oxidation sites excluding steroid dienone is 6. The Labute approximate surface area is 405 Å². The van der Waals surface area contributed by atoms with E-state index in [9.17, 15) is 37.3 Å². The van der Waals surface area contributed by atoms with Gasteiger partial charge in [0.2, 0.25) is 11.6 Å². The number of carboxylic acid groups (broad SMARTS) is 1. The molecule has 0 spiro atoms. The maximum absolute atomic E-state index is 12.7. The van der Waals surface area contributed by atoms with Gasteiger partial charge in [-0.3, -0.25) is 28.5 Å². The van der Waals surface area contributed by atoms with Gasteiger partial charge in [-0.2, -0.15) is 13.0 Å². The Morgan fingerprint density at radius 3 is 2.48 bits per heavy atom. The number of hydrogen-bond acceptors (Lipinski definition) is 13. The fraction of sp³-hybridized carbons (Fsp3) is 0.449. The van der Waals surface area contributed by atoms with Crippen LogP contribution in [0.15, 0.2) is 98.1 Å². The van der Waals surface area contributed by atoms with Gasteiger partial charge in [0.05, 0.1) is 41.6 Å². The number of carbonyl (C=O) groups is 2. The van der Waals surface area contributed by atoms with Crippen LogP contribution in [0, 0.1) is 11.8 Å². The third-order valence-corrected chi connectivity index (χ3v) is 14.1. The summed E-state index contributed by atoms with van der Waals surface area (Å²) >= 11 is 0.881. The van der Waals surface area contributed by atoms with E-state index in [4.69, 9.17) is 19.4 Å². The van der Waals surface area contributed by atoms with Gasteiger partial charge in [-0.25, -0.2) is 10.1 Å². The van der Waals surface area contributed by atoms with Crippen LogP contribution in [0.3, 0.4) is 0 Å². The Morgan fingerprint density at radius 1 is 0.986 bits per heavy atom. The highest BCUT2D eigenvalue weighted by molar-refractivity contribution is 7.94. The van der Waals surface area contributed by atoms with Crippen molar-refractivity contribution in [1.82, 2.24) is 14.9 Å². The molecule has 6 rings (SSSR count). The van der Waals surface area contributed by atoms with Crippen LogP contribution in [0.4, 0.5) is 11.4 Å². The first-order chi connectivity index (χ1) is 32.9.